The van der Waals surface area contributed by atoms with Crippen molar-refractivity contribution in [3.63, 3.8) is 0 Å². The number of anilines is 1. The molecule has 1 amide bonds. The van der Waals surface area contributed by atoms with E-state index in [1.54, 1.807) is 0 Å². The van der Waals surface area contributed by atoms with Gasteiger partial charge in [-0.3, -0.25) is 14.9 Å². The maximum atomic E-state index is 12.3. The highest BCUT2D eigenvalue weighted by atomic mass is 19.4. The highest BCUT2D eigenvalue weighted by Gasteiger charge is 2.28. The smallest absolute Gasteiger partial charge is 0.422 e. The van der Waals surface area contributed by atoms with Gasteiger partial charge < -0.3 is 10.1 Å². The lowest BCUT2D eigenvalue weighted by Crippen LogP contribution is -2.20. The van der Waals surface area contributed by atoms with Crippen LogP contribution in [0.25, 0.3) is 6.08 Å². The number of nitrogens with zero attached hydrogens (tertiary/aromatic N) is 1. The fraction of sp³-hybridized carbons (Fsp3) is 0.118. The number of hydrogen-bond donors (Lipinski definition) is 1. The molecule has 2 aromatic rings. The minimum absolute atomic E-state index is 0.0812. The maximum Gasteiger partial charge on any atom is 0.422 e. The number of nitrogens with one attached hydrogen (secondary N) is 1. The van der Waals surface area contributed by atoms with Gasteiger partial charge in [0, 0.05) is 18.2 Å². The second kappa shape index (κ2) is 8.15. The molecule has 2 aromatic carbocycles. The fourth-order valence-electron chi connectivity index (χ4n) is 1.91. The molecule has 0 bridgehead atoms. The van der Waals surface area contributed by atoms with Crippen molar-refractivity contribution in [2.24, 2.45) is 0 Å². The van der Waals surface area contributed by atoms with Gasteiger partial charge in [-0.1, -0.05) is 12.1 Å². The van der Waals surface area contributed by atoms with Crippen LogP contribution < -0.4 is 10.1 Å². The molecule has 0 unspecified atom stereocenters. The van der Waals surface area contributed by atoms with Crippen LogP contribution >= 0.6 is 0 Å². The molecule has 0 fully saturated rings. The molecule has 0 spiro atoms. The van der Waals surface area contributed by atoms with E-state index in [1.807, 2.05) is 0 Å². The van der Waals surface area contributed by atoms with Crippen molar-refractivity contribution in [2.75, 3.05) is 11.9 Å². The summed E-state index contributed by atoms with van der Waals surface area (Å²) in [5, 5.41) is 13.0. The van der Waals surface area contributed by atoms with E-state index in [4.69, 9.17) is 0 Å². The van der Waals surface area contributed by atoms with Crippen LogP contribution in [0.4, 0.5) is 24.5 Å². The van der Waals surface area contributed by atoms with E-state index in [0.29, 0.717) is 5.56 Å². The van der Waals surface area contributed by atoms with Gasteiger partial charge in [-0.25, -0.2) is 0 Å². The van der Waals surface area contributed by atoms with Crippen molar-refractivity contribution in [2.45, 2.75) is 6.18 Å². The van der Waals surface area contributed by atoms with Gasteiger partial charge in [0.1, 0.15) is 5.75 Å². The van der Waals surface area contributed by atoms with Crippen LogP contribution in [0.2, 0.25) is 0 Å². The minimum Gasteiger partial charge on any atom is -0.482 e. The van der Waals surface area contributed by atoms with Crippen LogP contribution in [0.3, 0.4) is 0 Å². The van der Waals surface area contributed by atoms with Gasteiger partial charge in [-0.15, -0.1) is 0 Å². The first-order chi connectivity index (χ1) is 12.2. The van der Waals surface area contributed by atoms with E-state index in [-0.39, 0.29) is 17.1 Å². The number of para-hydroxylation sites is 2. The molecule has 9 heteroatoms. The fourth-order valence-corrected chi connectivity index (χ4v) is 1.91. The van der Waals surface area contributed by atoms with Crippen LogP contribution in [0.15, 0.2) is 54.6 Å². The van der Waals surface area contributed by atoms with Gasteiger partial charge in [-0.2, -0.15) is 13.2 Å². The van der Waals surface area contributed by atoms with E-state index in [9.17, 15) is 28.1 Å². The molecule has 0 saturated heterocycles. The Labute approximate surface area is 146 Å². The molecule has 0 saturated carbocycles. The Kier molecular flexibility index (Phi) is 5.94. The van der Waals surface area contributed by atoms with E-state index in [1.165, 1.54) is 54.6 Å². The number of halogens is 3. The van der Waals surface area contributed by atoms with Crippen LogP contribution in [-0.4, -0.2) is 23.6 Å². The average Bonchev–Trinajstić information content (AvgIpc) is 2.59. The molecule has 2 rings (SSSR count). The number of alkyl halides is 3. The number of hydrogen-bond acceptors (Lipinski definition) is 4. The molecule has 0 aliphatic carbocycles. The second-order valence-corrected chi connectivity index (χ2v) is 5.07. The average molecular weight is 366 g/mol. The molecule has 0 heterocycles. The Morgan fingerprint density at radius 2 is 1.81 bits per heavy atom. The van der Waals surface area contributed by atoms with Crippen LogP contribution in [0, 0.1) is 10.1 Å². The van der Waals surface area contributed by atoms with Crippen molar-refractivity contribution in [3.05, 3.63) is 70.3 Å². The number of benzene rings is 2. The summed E-state index contributed by atoms with van der Waals surface area (Å²) in [7, 11) is 0. The van der Waals surface area contributed by atoms with E-state index < -0.39 is 23.6 Å². The molecule has 0 radical (unpaired) electrons. The molecule has 0 aromatic heterocycles. The Balaban J connectivity index is 2.02. The SMILES string of the molecule is O=C(C=Cc1ccc([N+](=O)[O-])cc1)Nc1ccccc1OCC(F)(F)F. The van der Waals surface area contributed by atoms with Gasteiger partial charge >= 0.3 is 6.18 Å². The molecule has 0 atom stereocenters. The number of amides is 1. The van der Waals surface area contributed by atoms with E-state index >= 15 is 0 Å². The summed E-state index contributed by atoms with van der Waals surface area (Å²) < 4.78 is 41.4. The summed E-state index contributed by atoms with van der Waals surface area (Å²) in [6.45, 7) is -1.47. The summed E-state index contributed by atoms with van der Waals surface area (Å²) in [6, 6.07) is 11.2. The van der Waals surface area contributed by atoms with Crippen molar-refractivity contribution in [3.8, 4) is 5.75 Å². The molecular formula is C17H13F3N2O4. The molecule has 1 N–H and O–H groups in total. The molecule has 6 nitrogen and oxygen atoms in total. The zero-order valence-corrected chi connectivity index (χ0v) is 13.2. The lowest BCUT2D eigenvalue weighted by Gasteiger charge is -2.13. The topological polar surface area (TPSA) is 81.5 Å². The molecule has 26 heavy (non-hydrogen) atoms. The van der Waals surface area contributed by atoms with Crippen LogP contribution in [-0.2, 0) is 4.79 Å². The summed E-state index contributed by atoms with van der Waals surface area (Å²) in [4.78, 5) is 22.0. The minimum atomic E-state index is -4.49. The number of carbonyl (C=O) groups is 1. The van der Waals surface area contributed by atoms with Crippen LogP contribution in [0.1, 0.15) is 5.56 Å². The van der Waals surface area contributed by atoms with Crippen molar-refractivity contribution >= 4 is 23.4 Å². The van der Waals surface area contributed by atoms with Gasteiger partial charge in [0.2, 0.25) is 5.91 Å². The molecular weight excluding hydrogens is 353 g/mol. The van der Waals surface area contributed by atoms with Crippen molar-refractivity contribution in [1.29, 1.82) is 0 Å². The Bertz CT molecular complexity index is 818. The maximum absolute atomic E-state index is 12.3. The third kappa shape index (κ3) is 5.93. The van der Waals surface area contributed by atoms with Gasteiger partial charge in [-0.05, 0) is 35.9 Å². The van der Waals surface area contributed by atoms with E-state index in [2.05, 4.69) is 10.1 Å². The lowest BCUT2D eigenvalue weighted by atomic mass is 10.2. The Morgan fingerprint density at radius 1 is 1.15 bits per heavy atom. The van der Waals surface area contributed by atoms with Crippen molar-refractivity contribution in [1.82, 2.24) is 0 Å². The third-order valence-electron chi connectivity index (χ3n) is 3.07. The van der Waals surface area contributed by atoms with Gasteiger partial charge in [0.25, 0.3) is 5.69 Å². The first-order valence-electron chi connectivity index (χ1n) is 7.27. The molecule has 136 valence electrons. The standard InChI is InChI=1S/C17H13F3N2O4/c18-17(19,20)11-26-15-4-2-1-3-14(15)21-16(23)10-7-12-5-8-13(9-6-12)22(24)25/h1-10H,11H2,(H,21,23). The molecule has 0 aliphatic heterocycles. The van der Waals surface area contributed by atoms with E-state index in [0.717, 1.165) is 6.08 Å². The highest BCUT2D eigenvalue weighted by molar-refractivity contribution is 6.02. The van der Waals surface area contributed by atoms with Crippen molar-refractivity contribution < 1.29 is 27.6 Å². The molecule has 0 aliphatic rings. The number of ether oxygens (including phenoxy) is 1. The Morgan fingerprint density at radius 3 is 2.42 bits per heavy atom. The third-order valence-corrected chi connectivity index (χ3v) is 3.07. The normalized spacial score (nSPS) is 11.3. The number of non-ortho nitro benzene ring substituents is 1. The monoisotopic (exact) mass is 366 g/mol. The first-order valence-corrected chi connectivity index (χ1v) is 7.27. The number of nitro benzene ring substituents is 1. The zero-order chi connectivity index (χ0) is 19.2. The number of rotatable bonds is 6. The highest BCUT2D eigenvalue weighted by Crippen LogP contribution is 2.26. The largest absolute Gasteiger partial charge is 0.482 e. The summed E-state index contributed by atoms with van der Waals surface area (Å²) in [5.74, 6) is -0.701. The number of nitro groups is 1. The Hall–Kier alpha value is -3.36. The van der Waals surface area contributed by atoms with Crippen LogP contribution in [0.5, 0.6) is 5.75 Å². The van der Waals surface area contributed by atoms with Gasteiger partial charge in [0.15, 0.2) is 6.61 Å². The second-order valence-electron chi connectivity index (χ2n) is 5.07. The predicted molar refractivity (Wildman–Crippen MR) is 88.8 cm³/mol. The summed E-state index contributed by atoms with van der Waals surface area (Å²) >= 11 is 0. The first kappa shape index (κ1) is 19.0. The predicted octanol–water partition coefficient (Wildman–Crippen LogP) is 4.19. The quantitative estimate of drug-likeness (QED) is 0.472. The van der Waals surface area contributed by atoms with Gasteiger partial charge in [0.05, 0.1) is 10.6 Å². The number of carbonyl (C=O) groups excluding carboxylic acids is 1. The zero-order valence-electron chi connectivity index (χ0n) is 13.2. The summed E-state index contributed by atoms with van der Waals surface area (Å²) in [6.07, 6.45) is -1.92. The summed E-state index contributed by atoms with van der Waals surface area (Å²) in [5.41, 5.74) is 0.560. The lowest BCUT2D eigenvalue weighted by molar-refractivity contribution is -0.384.